The third-order valence-corrected chi connectivity index (χ3v) is 6.70. The molecule has 1 fully saturated rings. The quantitative estimate of drug-likeness (QED) is 0.281. The summed E-state index contributed by atoms with van der Waals surface area (Å²) < 4.78 is 87.0. The smallest absolute Gasteiger partial charge is 0.417 e. The molecule has 2 aromatic rings. The Balaban J connectivity index is 1.95. The molecule has 1 saturated heterocycles. The Hall–Kier alpha value is -2.62. The molecule has 0 spiro atoms. The minimum atomic E-state index is -4.68. The van der Waals surface area contributed by atoms with Crippen LogP contribution in [0.4, 0.5) is 26.3 Å². The van der Waals surface area contributed by atoms with E-state index in [4.69, 9.17) is 4.74 Å². The van der Waals surface area contributed by atoms with E-state index < -0.39 is 35.5 Å². The number of hydrogen-bond donors (Lipinski definition) is 0. The van der Waals surface area contributed by atoms with Crippen LogP contribution < -0.4 is 4.74 Å². The molecule has 1 aromatic carbocycles. The number of aryl methyl sites for hydroxylation is 1. The highest BCUT2D eigenvalue weighted by Gasteiger charge is 2.42. The Morgan fingerprint density at radius 3 is 2.31 bits per heavy atom. The zero-order valence-electron chi connectivity index (χ0n) is 20.5. The van der Waals surface area contributed by atoms with Crippen molar-refractivity contribution in [1.82, 2.24) is 9.88 Å². The van der Waals surface area contributed by atoms with Gasteiger partial charge in [0.15, 0.2) is 5.78 Å². The van der Waals surface area contributed by atoms with Crippen molar-refractivity contribution in [3.8, 4) is 17.0 Å². The molecule has 1 aromatic heterocycles. The van der Waals surface area contributed by atoms with Gasteiger partial charge < -0.3 is 9.64 Å². The van der Waals surface area contributed by atoms with Crippen molar-refractivity contribution in [2.75, 3.05) is 26.7 Å². The fourth-order valence-electron chi connectivity index (χ4n) is 4.57. The van der Waals surface area contributed by atoms with Crippen LogP contribution in [-0.4, -0.2) is 48.6 Å². The van der Waals surface area contributed by atoms with E-state index in [-0.39, 0.29) is 41.2 Å². The Bertz CT molecular complexity index is 1060. The first-order valence-corrected chi connectivity index (χ1v) is 11.9. The topological polar surface area (TPSA) is 42.4 Å². The lowest BCUT2D eigenvalue weighted by Crippen LogP contribution is -2.40. The molecule has 198 valence electrons. The second kappa shape index (κ2) is 11.2. The number of carbonyl (C=O) groups excluding carboxylic acids is 1. The highest BCUT2D eigenvalue weighted by molar-refractivity contribution is 5.97. The highest BCUT2D eigenvalue weighted by atomic mass is 19.4. The van der Waals surface area contributed by atoms with Crippen molar-refractivity contribution in [3.63, 3.8) is 0 Å². The number of ketones is 1. The number of hydrogen-bond acceptors (Lipinski definition) is 4. The number of aromatic nitrogens is 1. The number of ether oxygens (including phenoxy) is 1. The number of piperidine rings is 1. The summed E-state index contributed by atoms with van der Waals surface area (Å²) in [5, 5.41) is 0. The monoisotopic (exact) mass is 516 g/mol. The first-order valence-electron chi connectivity index (χ1n) is 11.9. The molecule has 0 N–H and O–H groups in total. The number of likely N-dealkylation sites (tertiary alicyclic amines) is 1. The highest BCUT2D eigenvalue weighted by Crippen LogP contribution is 2.39. The lowest BCUT2D eigenvalue weighted by atomic mass is 9.86. The Labute approximate surface area is 206 Å². The summed E-state index contributed by atoms with van der Waals surface area (Å²) in [6.45, 7) is 4.11. The van der Waals surface area contributed by atoms with Crippen LogP contribution in [0.2, 0.25) is 0 Å². The van der Waals surface area contributed by atoms with Crippen LogP contribution >= 0.6 is 0 Å². The summed E-state index contributed by atoms with van der Waals surface area (Å²) in [6.07, 6.45) is -6.70. The predicted octanol–water partition coefficient (Wildman–Crippen LogP) is 6.96. The lowest BCUT2D eigenvalue weighted by molar-refractivity contribution is -0.184. The summed E-state index contributed by atoms with van der Waals surface area (Å²) in [5.41, 5.74) is -1.00. The molecule has 0 amide bonds. The first kappa shape index (κ1) is 28.0. The van der Waals surface area contributed by atoms with Gasteiger partial charge in [0.2, 0.25) is 0 Å². The van der Waals surface area contributed by atoms with Gasteiger partial charge in [-0.2, -0.15) is 26.3 Å². The molecule has 3 rings (SSSR count). The van der Waals surface area contributed by atoms with Crippen molar-refractivity contribution in [2.24, 2.45) is 11.8 Å². The van der Waals surface area contributed by atoms with Gasteiger partial charge in [0.05, 0.1) is 24.3 Å². The molecule has 1 aliphatic heterocycles. The molecular weight excluding hydrogens is 486 g/mol. The van der Waals surface area contributed by atoms with Gasteiger partial charge in [-0.05, 0) is 69.1 Å². The number of methoxy groups -OCH3 is 1. The maximum absolute atomic E-state index is 13.7. The van der Waals surface area contributed by atoms with Gasteiger partial charge in [-0.3, -0.25) is 9.78 Å². The zero-order chi connectivity index (χ0) is 26.7. The van der Waals surface area contributed by atoms with Gasteiger partial charge in [0.25, 0.3) is 0 Å². The van der Waals surface area contributed by atoms with E-state index in [1.807, 2.05) is 4.90 Å². The number of carbonyl (C=O) groups is 1. The lowest BCUT2D eigenvalue weighted by Gasteiger charge is -2.33. The van der Waals surface area contributed by atoms with Crippen molar-refractivity contribution < 1.29 is 35.9 Å². The normalized spacial score (nSPS) is 17.0. The van der Waals surface area contributed by atoms with Crippen molar-refractivity contribution in [1.29, 1.82) is 0 Å². The number of nitrogens with zero attached hydrogens (tertiary/aromatic N) is 2. The van der Waals surface area contributed by atoms with Gasteiger partial charge in [-0.15, -0.1) is 0 Å². The van der Waals surface area contributed by atoms with Gasteiger partial charge in [-0.1, -0.05) is 13.3 Å². The fourth-order valence-corrected chi connectivity index (χ4v) is 4.57. The number of Topliss-reactive ketones (excluding diaryl/α,β-unsaturated/α-hetero) is 1. The van der Waals surface area contributed by atoms with Crippen LogP contribution in [0.3, 0.4) is 0 Å². The minimum Gasteiger partial charge on any atom is -0.497 e. The van der Waals surface area contributed by atoms with E-state index in [2.05, 4.69) is 4.98 Å². The molecule has 0 bridgehead atoms. The van der Waals surface area contributed by atoms with Crippen LogP contribution in [0.25, 0.3) is 11.3 Å². The summed E-state index contributed by atoms with van der Waals surface area (Å²) in [5.74, 6) is -3.07. The summed E-state index contributed by atoms with van der Waals surface area (Å²) in [7, 11) is 1.31. The zero-order valence-corrected chi connectivity index (χ0v) is 20.5. The van der Waals surface area contributed by atoms with Crippen molar-refractivity contribution >= 4 is 5.78 Å². The second-order valence-corrected chi connectivity index (χ2v) is 9.37. The average Bonchev–Trinajstić information content (AvgIpc) is 2.81. The molecule has 1 aliphatic rings. The van der Waals surface area contributed by atoms with E-state index >= 15 is 0 Å². The molecule has 10 heteroatoms. The van der Waals surface area contributed by atoms with Crippen LogP contribution in [0, 0.1) is 18.8 Å². The second-order valence-electron chi connectivity index (χ2n) is 9.37. The first-order chi connectivity index (χ1) is 16.8. The van der Waals surface area contributed by atoms with Crippen molar-refractivity contribution in [2.45, 2.75) is 51.9 Å². The SMILES string of the molecule is COc1ccc(C(F)(F)F)c(-c2cc(C(=O)C[C@@H](CN3CCCCC3)C(C)C(F)(F)F)cc(C)n2)c1. The van der Waals surface area contributed by atoms with Gasteiger partial charge in [-0.25, -0.2) is 0 Å². The number of rotatable bonds is 8. The fraction of sp³-hybridized carbons (Fsp3) is 0.538. The summed E-state index contributed by atoms with van der Waals surface area (Å²) in [4.78, 5) is 19.4. The van der Waals surface area contributed by atoms with Crippen LogP contribution in [0.1, 0.15) is 54.2 Å². The largest absolute Gasteiger partial charge is 0.497 e. The Morgan fingerprint density at radius 1 is 1.06 bits per heavy atom. The third-order valence-electron chi connectivity index (χ3n) is 6.70. The van der Waals surface area contributed by atoms with Gasteiger partial charge >= 0.3 is 12.4 Å². The molecule has 0 aliphatic carbocycles. The predicted molar refractivity (Wildman–Crippen MR) is 124 cm³/mol. The maximum atomic E-state index is 13.7. The van der Waals surface area contributed by atoms with E-state index in [1.165, 1.54) is 38.3 Å². The molecular formula is C26H30F6N2O2. The summed E-state index contributed by atoms with van der Waals surface area (Å²) in [6, 6.07) is 5.85. The number of pyridine rings is 1. The molecule has 4 nitrogen and oxygen atoms in total. The van der Waals surface area contributed by atoms with E-state index in [0.29, 0.717) is 13.1 Å². The average molecular weight is 517 g/mol. The van der Waals surface area contributed by atoms with E-state index in [1.54, 1.807) is 0 Å². The van der Waals surface area contributed by atoms with Crippen molar-refractivity contribution in [3.05, 3.63) is 47.2 Å². The van der Waals surface area contributed by atoms with Gasteiger partial charge in [0.1, 0.15) is 5.75 Å². The van der Waals surface area contributed by atoms with E-state index in [0.717, 1.165) is 32.3 Å². The molecule has 0 radical (unpaired) electrons. The Morgan fingerprint density at radius 2 is 1.72 bits per heavy atom. The van der Waals surface area contributed by atoms with E-state index in [9.17, 15) is 31.1 Å². The molecule has 36 heavy (non-hydrogen) atoms. The van der Waals surface area contributed by atoms with Gasteiger partial charge in [0, 0.05) is 29.8 Å². The van der Waals surface area contributed by atoms with Crippen LogP contribution in [0.5, 0.6) is 5.75 Å². The molecule has 1 unspecified atom stereocenters. The number of halogens is 6. The molecule has 0 saturated carbocycles. The molecule has 2 heterocycles. The standard InChI is InChI=1S/C26H30F6N2O2/c1-16-11-18(12-23(33-16)21-14-20(36-3)7-8-22(21)26(30,31)32)24(35)13-19(17(2)25(27,28)29)15-34-9-5-4-6-10-34/h7-8,11-12,14,17,19H,4-6,9-10,13,15H2,1-3H3/t17?,19-/m0/s1. The van der Waals surface area contributed by atoms with Crippen LogP contribution in [-0.2, 0) is 6.18 Å². The molecule has 2 atom stereocenters. The van der Waals surface area contributed by atoms with Crippen LogP contribution in [0.15, 0.2) is 30.3 Å². The minimum absolute atomic E-state index is 0.0338. The third kappa shape index (κ3) is 6.99. The maximum Gasteiger partial charge on any atom is 0.417 e. The number of benzene rings is 1. The number of alkyl halides is 6. The summed E-state index contributed by atoms with van der Waals surface area (Å²) >= 11 is 0. The Kier molecular flexibility index (Phi) is 8.69.